The van der Waals surface area contributed by atoms with Gasteiger partial charge in [0.25, 0.3) is 0 Å². The third kappa shape index (κ3) is 2.68. The Bertz CT molecular complexity index is 218. The van der Waals surface area contributed by atoms with Crippen LogP contribution in [-0.4, -0.2) is 30.9 Å². The second kappa shape index (κ2) is 3.17. The highest BCUT2D eigenvalue weighted by Gasteiger charge is 2.68. The molecule has 10 heteroatoms. The van der Waals surface area contributed by atoms with E-state index in [1.807, 2.05) is 0 Å². The molecule has 1 saturated heterocycles. The first kappa shape index (κ1) is 12.4. The molecule has 0 spiro atoms. The summed E-state index contributed by atoms with van der Waals surface area (Å²) >= 11 is 0. The van der Waals surface area contributed by atoms with E-state index in [1.165, 1.54) is 0 Å². The highest BCUT2D eigenvalue weighted by Crippen LogP contribution is 2.45. The summed E-state index contributed by atoms with van der Waals surface area (Å²) in [6, 6.07) is 0. The van der Waals surface area contributed by atoms with Crippen LogP contribution in [0.1, 0.15) is 0 Å². The van der Waals surface area contributed by atoms with Gasteiger partial charge in [-0.15, -0.1) is 8.78 Å². The third-order valence-electron chi connectivity index (χ3n) is 1.45. The van der Waals surface area contributed by atoms with Crippen molar-refractivity contribution in [2.24, 2.45) is 0 Å². The van der Waals surface area contributed by atoms with Crippen molar-refractivity contribution in [1.82, 2.24) is 0 Å². The molecule has 0 N–H and O–H groups in total. The topological polar surface area (TPSA) is 18.5 Å². The van der Waals surface area contributed by atoms with Crippen LogP contribution in [0, 0.1) is 0 Å². The van der Waals surface area contributed by atoms with E-state index in [0.717, 1.165) is 0 Å². The highest BCUT2D eigenvalue weighted by atomic mass is 19.4. The molecule has 0 aromatic carbocycles. The van der Waals surface area contributed by atoms with Crippen molar-refractivity contribution in [2.45, 2.75) is 30.9 Å². The number of halogens is 8. The molecular formula is C5H2F8O2. The van der Waals surface area contributed by atoms with Gasteiger partial charge in [0.05, 0.1) is 0 Å². The Hall–Kier alpha value is -0.640. The summed E-state index contributed by atoms with van der Waals surface area (Å²) in [5.74, 6) is 0. The van der Waals surface area contributed by atoms with E-state index in [9.17, 15) is 35.1 Å². The molecule has 0 aromatic heterocycles. The van der Waals surface area contributed by atoms with Gasteiger partial charge in [-0.2, -0.15) is 26.3 Å². The molecule has 0 saturated carbocycles. The van der Waals surface area contributed by atoms with Crippen molar-refractivity contribution in [2.75, 3.05) is 0 Å². The molecule has 2 nitrogen and oxygen atoms in total. The Kier molecular flexibility index (Phi) is 2.63. The molecule has 1 heterocycles. The largest absolute Gasteiger partial charge is 0.486 e. The van der Waals surface area contributed by atoms with Crippen molar-refractivity contribution in [3.05, 3.63) is 0 Å². The van der Waals surface area contributed by atoms with Gasteiger partial charge in [-0.05, 0) is 0 Å². The molecule has 0 aliphatic carbocycles. The average Bonchev–Trinajstić information content (AvgIpc) is 2.23. The zero-order chi connectivity index (χ0) is 12.1. The lowest BCUT2D eigenvalue weighted by Crippen LogP contribution is -2.45. The zero-order valence-corrected chi connectivity index (χ0v) is 6.49. The van der Waals surface area contributed by atoms with Gasteiger partial charge in [-0.1, -0.05) is 0 Å². The zero-order valence-electron chi connectivity index (χ0n) is 6.49. The molecule has 1 aliphatic heterocycles. The quantitative estimate of drug-likeness (QED) is 0.611. The minimum absolute atomic E-state index is 2.85. The van der Waals surface area contributed by atoms with E-state index >= 15 is 0 Å². The van der Waals surface area contributed by atoms with E-state index in [-0.39, 0.29) is 0 Å². The van der Waals surface area contributed by atoms with Crippen LogP contribution in [0.25, 0.3) is 0 Å². The average molecular weight is 246 g/mol. The predicted molar refractivity (Wildman–Crippen MR) is 26.8 cm³/mol. The van der Waals surface area contributed by atoms with Crippen molar-refractivity contribution < 1.29 is 44.6 Å². The van der Waals surface area contributed by atoms with Crippen LogP contribution >= 0.6 is 0 Å². The smallest absolute Gasteiger partial charge is 0.280 e. The van der Waals surface area contributed by atoms with Crippen molar-refractivity contribution in [3.8, 4) is 0 Å². The maximum Gasteiger partial charge on any atom is 0.486 e. The second-order valence-electron chi connectivity index (χ2n) is 2.62. The molecule has 0 bridgehead atoms. The predicted octanol–water partition coefficient (Wildman–Crippen LogP) is 2.45. The molecule has 2 unspecified atom stereocenters. The fourth-order valence-corrected chi connectivity index (χ4v) is 0.924. The first-order valence-corrected chi connectivity index (χ1v) is 3.30. The standard InChI is InChI=1S/C5H2F8O2/c6-3(7,8)1-2(4(9,10)11)15-5(12,13)14-1/h1-2H. The Balaban J connectivity index is 2.95. The molecule has 1 rings (SSSR count). The number of rotatable bonds is 0. The van der Waals surface area contributed by atoms with Crippen LogP contribution < -0.4 is 0 Å². The summed E-state index contributed by atoms with van der Waals surface area (Å²) in [5.41, 5.74) is 0. The van der Waals surface area contributed by atoms with E-state index in [2.05, 4.69) is 9.47 Å². The molecule has 15 heavy (non-hydrogen) atoms. The van der Waals surface area contributed by atoms with Crippen LogP contribution in [-0.2, 0) is 9.47 Å². The first-order valence-electron chi connectivity index (χ1n) is 3.30. The minimum Gasteiger partial charge on any atom is -0.280 e. The van der Waals surface area contributed by atoms with Gasteiger partial charge in [0, 0.05) is 0 Å². The number of hydrogen-bond acceptors (Lipinski definition) is 2. The molecule has 2 atom stereocenters. The number of hydrogen-bond donors (Lipinski definition) is 0. The lowest BCUT2D eigenvalue weighted by molar-refractivity contribution is -0.371. The molecular weight excluding hydrogens is 244 g/mol. The highest BCUT2D eigenvalue weighted by molar-refractivity contribution is 4.88. The Labute approximate surface area is 76.7 Å². The van der Waals surface area contributed by atoms with Crippen molar-refractivity contribution >= 4 is 0 Å². The lowest BCUT2D eigenvalue weighted by Gasteiger charge is -2.20. The monoisotopic (exact) mass is 246 g/mol. The summed E-state index contributed by atoms with van der Waals surface area (Å²) in [7, 11) is 0. The Morgan fingerprint density at radius 1 is 0.733 bits per heavy atom. The van der Waals surface area contributed by atoms with E-state index < -0.39 is 30.9 Å². The van der Waals surface area contributed by atoms with E-state index in [4.69, 9.17) is 0 Å². The van der Waals surface area contributed by atoms with Gasteiger partial charge in [0.1, 0.15) is 0 Å². The van der Waals surface area contributed by atoms with Crippen LogP contribution in [0.5, 0.6) is 0 Å². The molecule has 1 aliphatic rings. The fourth-order valence-electron chi connectivity index (χ4n) is 0.924. The summed E-state index contributed by atoms with van der Waals surface area (Å²) in [6.07, 6.45) is -23.5. The van der Waals surface area contributed by atoms with Crippen LogP contribution in [0.2, 0.25) is 0 Å². The molecule has 0 amide bonds. The maximum absolute atomic E-state index is 12.1. The maximum atomic E-state index is 12.1. The van der Waals surface area contributed by atoms with E-state index in [0.29, 0.717) is 0 Å². The van der Waals surface area contributed by atoms with Gasteiger partial charge in [0.15, 0.2) is 12.2 Å². The number of ether oxygens (including phenoxy) is 2. The molecule has 0 radical (unpaired) electrons. The van der Waals surface area contributed by atoms with Crippen molar-refractivity contribution in [1.29, 1.82) is 0 Å². The third-order valence-corrected chi connectivity index (χ3v) is 1.45. The van der Waals surface area contributed by atoms with Gasteiger partial charge in [0.2, 0.25) is 0 Å². The van der Waals surface area contributed by atoms with Gasteiger partial charge < -0.3 is 0 Å². The SMILES string of the molecule is FC1(F)OC(C(F)(F)F)C(C(F)(F)F)O1. The minimum atomic E-state index is -5.58. The summed E-state index contributed by atoms with van der Waals surface area (Å²) in [6.45, 7) is 0. The summed E-state index contributed by atoms with van der Waals surface area (Å²) in [4.78, 5) is 0. The van der Waals surface area contributed by atoms with Crippen LogP contribution in [0.3, 0.4) is 0 Å². The van der Waals surface area contributed by atoms with Crippen LogP contribution in [0.4, 0.5) is 35.1 Å². The molecule has 1 fully saturated rings. The van der Waals surface area contributed by atoms with Crippen LogP contribution in [0.15, 0.2) is 0 Å². The normalized spacial score (nSPS) is 32.0. The van der Waals surface area contributed by atoms with E-state index in [1.54, 1.807) is 0 Å². The Morgan fingerprint density at radius 2 is 1.00 bits per heavy atom. The van der Waals surface area contributed by atoms with Crippen molar-refractivity contribution in [3.63, 3.8) is 0 Å². The first-order chi connectivity index (χ1) is 6.43. The molecule has 90 valence electrons. The van der Waals surface area contributed by atoms with Gasteiger partial charge in [-0.25, -0.2) is 0 Å². The lowest BCUT2D eigenvalue weighted by atomic mass is 10.2. The summed E-state index contributed by atoms with van der Waals surface area (Å²) in [5, 5.41) is 0. The number of alkyl halides is 8. The van der Waals surface area contributed by atoms with Gasteiger partial charge >= 0.3 is 18.6 Å². The second-order valence-corrected chi connectivity index (χ2v) is 2.62. The Morgan fingerprint density at radius 3 is 1.20 bits per heavy atom. The van der Waals surface area contributed by atoms with Gasteiger partial charge in [-0.3, -0.25) is 9.47 Å². The fraction of sp³-hybridized carbons (Fsp3) is 1.00. The summed E-state index contributed by atoms with van der Waals surface area (Å²) < 4.78 is 101. The molecule has 0 aromatic rings.